The van der Waals surface area contributed by atoms with Gasteiger partial charge >= 0.3 is 0 Å². The zero-order valence-electron chi connectivity index (χ0n) is 11.4. The standard InChI is InChI=1S/C15H16N2O2S/c1-3-10-8-12(13(16)18)15(20-10)17-14(19)11-7-5-4-6-9(11)2/h4-8H,3H2,1-2H3,(H2,16,18)(H,17,19). The highest BCUT2D eigenvalue weighted by atomic mass is 32.1. The summed E-state index contributed by atoms with van der Waals surface area (Å²) in [4.78, 5) is 24.7. The second-order valence-electron chi connectivity index (χ2n) is 4.44. The number of hydrogen-bond donors (Lipinski definition) is 2. The minimum Gasteiger partial charge on any atom is -0.366 e. The Bertz CT molecular complexity index is 662. The van der Waals surface area contributed by atoms with Crippen LogP contribution >= 0.6 is 11.3 Å². The number of hydrogen-bond acceptors (Lipinski definition) is 3. The molecule has 0 aliphatic carbocycles. The fraction of sp³-hybridized carbons (Fsp3) is 0.200. The summed E-state index contributed by atoms with van der Waals surface area (Å²) >= 11 is 1.38. The monoisotopic (exact) mass is 288 g/mol. The second kappa shape index (κ2) is 5.88. The lowest BCUT2D eigenvalue weighted by molar-refractivity contribution is 0.100. The molecule has 2 rings (SSSR count). The third-order valence-corrected chi connectivity index (χ3v) is 4.21. The van der Waals surface area contributed by atoms with Crippen LogP contribution in [-0.4, -0.2) is 11.8 Å². The summed E-state index contributed by atoms with van der Waals surface area (Å²) in [7, 11) is 0. The van der Waals surface area contributed by atoms with Crippen molar-refractivity contribution < 1.29 is 9.59 Å². The Labute approximate surface area is 121 Å². The molecule has 1 aromatic carbocycles. The van der Waals surface area contributed by atoms with Gasteiger partial charge in [-0.15, -0.1) is 11.3 Å². The number of anilines is 1. The highest BCUT2D eigenvalue weighted by molar-refractivity contribution is 7.16. The Kier molecular flexibility index (Phi) is 4.20. The van der Waals surface area contributed by atoms with E-state index in [0.717, 1.165) is 16.9 Å². The summed E-state index contributed by atoms with van der Waals surface area (Å²) in [6, 6.07) is 9.04. The molecule has 4 nitrogen and oxygen atoms in total. The van der Waals surface area contributed by atoms with Gasteiger partial charge in [-0.2, -0.15) is 0 Å². The second-order valence-corrected chi connectivity index (χ2v) is 5.58. The van der Waals surface area contributed by atoms with Gasteiger partial charge in [-0.25, -0.2) is 0 Å². The van der Waals surface area contributed by atoms with Crippen LogP contribution in [0, 0.1) is 6.92 Å². The number of carbonyl (C=O) groups excluding carboxylic acids is 2. The van der Waals surface area contributed by atoms with E-state index in [1.165, 1.54) is 11.3 Å². The number of thiophene rings is 1. The van der Waals surface area contributed by atoms with Crippen molar-refractivity contribution in [1.29, 1.82) is 0 Å². The van der Waals surface area contributed by atoms with Crippen molar-refractivity contribution in [2.24, 2.45) is 5.73 Å². The molecule has 0 bridgehead atoms. The largest absolute Gasteiger partial charge is 0.366 e. The van der Waals surface area contributed by atoms with Crippen LogP contribution < -0.4 is 11.1 Å². The summed E-state index contributed by atoms with van der Waals surface area (Å²) < 4.78 is 0. The highest BCUT2D eigenvalue weighted by Crippen LogP contribution is 2.28. The molecule has 0 radical (unpaired) electrons. The van der Waals surface area contributed by atoms with Crippen molar-refractivity contribution in [3.05, 3.63) is 51.9 Å². The zero-order valence-corrected chi connectivity index (χ0v) is 12.2. The zero-order chi connectivity index (χ0) is 14.7. The molecule has 1 aromatic heterocycles. The van der Waals surface area contributed by atoms with E-state index >= 15 is 0 Å². The first-order valence-corrected chi connectivity index (χ1v) is 7.14. The molecule has 0 saturated heterocycles. The van der Waals surface area contributed by atoms with Gasteiger partial charge in [0.25, 0.3) is 11.8 Å². The van der Waals surface area contributed by atoms with Crippen LogP contribution in [0.4, 0.5) is 5.00 Å². The minimum atomic E-state index is -0.527. The molecule has 1 heterocycles. The first-order chi connectivity index (χ1) is 9.52. The summed E-state index contributed by atoms with van der Waals surface area (Å²) in [6.45, 7) is 3.86. The number of nitrogens with one attached hydrogen (secondary N) is 1. The molecule has 3 N–H and O–H groups in total. The SMILES string of the molecule is CCc1cc(C(N)=O)c(NC(=O)c2ccccc2C)s1. The Hall–Kier alpha value is -2.14. The molecule has 0 aliphatic rings. The lowest BCUT2D eigenvalue weighted by atomic mass is 10.1. The summed E-state index contributed by atoms with van der Waals surface area (Å²) in [6.07, 6.45) is 0.797. The Balaban J connectivity index is 2.30. The molecular formula is C15H16N2O2S. The lowest BCUT2D eigenvalue weighted by Crippen LogP contribution is -2.17. The van der Waals surface area contributed by atoms with Crippen LogP contribution in [0.5, 0.6) is 0 Å². The predicted molar refractivity (Wildman–Crippen MR) is 81.3 cm³/mol. The fourth-order valence-electron chi connectivity index (χ4n) is 1.89. The maximum absolute atomic E-state index is 12.3. The van der Waals surface area contributed by atoms with E-state index in [0.29, 0.717) is 16.1 Å². The molecule has 2 aromatic rings. The Morgan fingerprint density at radius 1 is 1.25 bits per heavy atom. The average Bonchev–Trinajstić information content (AvgIpc) is 2.82. The van der Waals surface area contributed by atoms with E-state index in [1.807, 2.05) is 32.0 Å². The van der Waals surface area contributed by atoms with Crippen molar-refractivity contribution in [3.8, 4) is 0 Å². The number of benzene rings is 1. The number of primary amides is 1. The predicted octanol–water partition coefficient (Wildman–Crippen LogP) is 2.97. The van der Waals surface area contributed by atoms with Gasteiger partial charge in [0, 0.05) is 10.4 Å². The third-order valence-electron chi connectivity index (χ3n) is 3.01. The fourth-order valence-corrected chi connectivity index (χ4v) is 2.89. The van der Waals surface area contributed by atoms with Gasteiger partial charge < -0.3 is 11.1 Å². The first kappa shape index (κ1) is 14.3. The molecule has 2 amide bonds. The van der Waals surface area contributed by atoms with Gasteiger partial charge in [-0.3, -0.25) is 9.59 Å². The topological polar surface area (TPSA) is 72.2 Å². The van der Waals surface area contributed by atoms with Gasteiger partial charge in [-0.1, -0.05) is 25.1 Å². The van der Waals surface area contributed by atoms with Gasteiger partial charge in [-0.05, 0) is 31.0 Å². The summed E-state index contributed by atoms with van der Waals surface area (Å²) in [5.74, 6) is -0.754. The molecule has 0 unspecified atom stereocenters. The van der Waals surface area contributed by atoms with E-state index < -0.39 is 5.91 Å². The molecule has 0 atom stereocenters. The van der Waals surface area contributed by atoms with Crippen molar-refractivity contribution >= 4 is 28.2 Å². The number of aryl methyl sites for hydroxylation is 2. The number of amides is 2. The molecule has 5 heteroatoms. The Morgan fingerprint density at radius 2 is 1.95 bits per heavy atom. The first-order valence-electron chi connectivity index (χ1n) is 6.32. The Morgan fingerprint density at radius 3 is 2.55 bits per heavy atom. The summed E-state index contributed by atoms with van der Waals surface area (Å²) in [5, 5.41) is 3.30. The van der Waals surface area contributed by atoms with Crippen LogP contribution in [0.1, 0.15) is 38.1 Å². The van der Waals surface area contributed by atoms with E-state index in [4.69, 9.17) is 5.73 Å². The van der Waals surface area contributed by atoms with Gasteiger partial charge in [0.15, 0.2) is 0 Å². The molecule has 0 fully saturated rings. The number of nitrogens with two attached hydrogens (primary N) is 1. The maximum Gasteiger partial charge on any atom is 0.256 e. The smallest absolute Gasteiger partial charge is 0.256 e. The van der Waals surface area contributed by atoms with E-state index in [1.54, 1.807) is 12.1 Å². The molecular weight excluding hydrogens is 272 g/mol. The molecule has 0 spiro atoms. The third kappa shape index (κ3) is 2.88. The van der Waals surface area contributed by atoms with Crippen molar-refractivity contribution in [1.82, 2.24) is 0 Å². The van der Waals surface area contributed by atoms with Crippen molar-refractivity contribution in [2.75, 3.05) is 5.32 Å². The van der Waals surface area contributed by atoms with Crippen LogP contribution in [-0.2, 0) is 6.42 Å². The normalized spacial score (nSPS) is 10.3. The number of rotatable bonds is 4. The van der Waals surface area contributed by atoms with E-state index in [2.05, 4.69) is 5.32 Å². The van der Waals surface area contributed by atoms with E-state index in [-0.39, 0.29) is 5.91 Å². The highest BCUT2D eigenvalue weighted by Gasteiger charge is 2.16. The van der Waals surface area contributed by atoms with Crippen LogP contribution in [0.25, 0.3) is 0 Å². The average molecular weight is 288 g/mol. The molecule has 0 saturated carbocycles. The van der Waals surface area contributed by atoms with E-state index in [9.17, 15) is 9.59 Å². The van der Waals surface area contributed by atoms with Gasteiger partial charge in [0.2, 0.25) is 0 Å². The molecule has 104 valence electrons. The van der Waals surface area contributed by atoms with Crippen molar-refractivity contribution in [3.63, 3.8) is 0 Å². The quantitative estimate of drug-likeness (QED) is 0.907. The summed E-state index contributed by atoms with van der Waals surface area (Å²) in [5.41, 5.74) is 7.19. The van der Waals surface area contributed by atoms with Gasteiger partial charge in [0.05, 0.1) is 5.56 Å². The van der Waals surface area contributed by atoms with Crippen LogP contribution in [0.2, 0.25) is 0 Å². The lowest BCUT2D eigenvalue weighted by Gasteiger charge is -2.06. The molecule has 20 heavy (non-hydrogen) atoms. The maximum atomic E-state index is 12.3. The van der Waals surface area contributed by atoms with Crippen LogP contribution in [0.3, 0.4) is 0 Å². The van der Waals surface area contributed by atoms with Crippen molar-refractivity contribution in [2.45, 2.75) is 20.3 Å². The van der Waals surface area contributed by atoms with Gasteiger partial charge in [0.1, 0.15) is 5.00 Å². The van der Waals surface area contributed by atoms with Crippen LogP contribution in [0.15, 0.2) is 30.3 Å². The number of carbonyl (C=O) groups is 2. The minimum absolute atomic E-state index is 0.227. The molecule has 0 aliphatic heterocycles.